The van der Waals surface area contributed by atoms with Gasteiger partial charge in [0.2, 0.25) is 5.95 Å². The molecule has 0 atom stereocenters. The number of anilines is 2. The molecule has 1 aromatic carbocycles. The Kier molecular flexibility index (Phi) is 3.92. The van der Waals surface area contributed by atoms with Crippen molar-refractivity contribution in [3.8, 4) is 0 Å². The van der Waals surface area contributed by atoms with Gasteiger partial charge in [-0.25, -0.2) is 9.97 Å². The molecule has 1 N–H and O–H groups in total. The van der Waals surface area contributed by atoms with E-state index < -0.39 is 0 Å². The fourth-order valence-electron chi connectivity index (χ4n) is 1.75. The smallest absolute Gasteiger partial charge is 0.227 e. The minimum atomic E-state index is 0.413. The van der Waals surface area contributed by atoms with E-state index in [9.17, 15) is 0 Å². The van der Waals surface area contributed by atoms with Gasteiger partial charge in [-0.2, -0.15) is 0 Å². The van der Waals surface area contributed by atoms with Crippen LogP contribution in [0.5, 0.6) is 0 Å². The fourth-order valence-corrected chi connectivity index (χ4v) is 1.75. The van der Waals surface area contributed by atoms with Crippen molar-refractivity contribution in [3.05, 3.63) is 47.8 Å². The SMILES string of the molecule is CCc1cccc(Nc2nccc(C(C)C)n2)c1. The van der Waals surface area contributed by atoms with Crippen LogP contribution in [0.3, 0.4) is 0 Å². The molecule has 0 unspecified atom stereocenters. The van der Waals surface area contributed by atoms with E-state index >= 15 is 0 Å². The first-order chi connectivity index (χ1) is 8.69. The zero-order valence-corrected chi connectivity index (χ0v) is 11.1. The van der Waals surface area contributed by atoms with Gasteiger partial charge in [0, 0.05) is 17.6 Å². The van der Waals surface area contributed by atoms with Gasteiger partial charge in [-0.05, 0) is 36.1 Å². The van der Waals surface area contributed by atoms with Crippen molar-refractivity contribution in [3.63, 3.8) is 0 Å². The van der Waals surface area contributed by atoms with E-state index in [-0.39, 0.29) is 0 Å². The minimum Gasteiger partial charge on any atom is -0.324 e. The van der Waals surface area contributed by atoms with E-state index in [1.807, 2.05) is 18.2 Å². The van der Waals surface area contributed by atoms with Gasteiger partial charge in [0.1, 0.15) is 0 Å². The van der Waals surface area contributed by atoms with Gasteiger partial charge in [-0.1, -0.05) is 32.9 Å². The van der Waals surface area contributed by atoms with Gasteiger partial charge >= 0.3 is 0 Å². The molecule has 0 bridgehead atoms. The highest BCUT2D eigenvalue weighted by atomic mass is 15.1. The molecule has 0 radical (unpaired) electrons. The number of aryl methyl sites for hydroxylation is 1. The quantitative estimate of drug-likeness (QED) is 0.882. The van der Waals surface area contributed by atoms with E-state index in [1.54, 1.807) is 6.20 Å². The summed E-state index contributed by atoms with van der Waals surface area (Å²) in [4.78, 5) is 8.75. The summed E-state index contributed by atoms with van der Waals surface area (Å²) in [6.45, 7) is 6.41. The molecular weight excluding hydrogens is 222 g/mol. The maximum atomic E-state index is 4.50. The van der Waals surface area contributed by atoms with Crippen molar-refractivity contribution in [2.45, 2.75) is 33.1 Å². The van der Waals surface area contributed by atoms with Crippen molar-refractivity contribution in [2.24, 2.45) is 0 Å². The van der Waals surface area contributed by atoms with Crippen molar-refractivity contribution >= 4 is 11.6 Å². The average Bonchev–Trinajstić information content (AvgIpc) is 2.39. The highest BCUT2D eigenvalue weighted by Crippen LogP contribution is 2.17. The van der Waals surface area contributed by atoms with Crippen LogP contribution in [0.25, 0.3) is 0 Å². The van der Waals surface area contributed by atoms with Crippen LogP contribution in [0.15, 0.2) is 36.5 Å². The van der Waals surface area contributed by atoms with Gasteiger partial charge in [0.05, 0.1) is 0 Å². The Morgan fingerprint density at radius 1 is 1.22 bits per heavy atom. The maximum Gasteiger partial charge on any atom is 0.227 e. The molecule has 0 spiro atoms. The summed E-state index contributed by atoms with van der Waals surface area (Å²) >= 11 is 0. The van der Waals surface area contributed by atoms with Gasteiger partial charge in [-0.15, -0.1) is 0 Å². The van der Waals surface area contributed by atoms with Crippen molar-refractivity contribution < 1.29 is 0 Å². The minimum absolute atomic E-state index is 0.413. The summed E-state index contributed by atoms with van der Waals surface area (Å²) in [5.74, 6) is 1.07. The normalized spacial score (nSPS) is 10.7. The van der Waals surface area contributed by atoms with Crippen LogP contribution in [0.4, 0.5) is 11.6 Å². The summed E-state index contributed by atoms with van der Waals surface area (Å²) in [7, 11) is 0. The lowest BCUT2D eigenvalue weighted by Crippen LogP contribution is -2.01. The molecule has 0 aliphatic heterocycles. The topological polar surface area (TPSA) is 37.8 Å². The maximum absolute atomic E-state index is 4.50. The zero-order chi connectivity index (χ0) is 13.0. The molecule has 0 saturated carbocycles. The Labute approximate surface area is 108 Å². The van der Waals surface area contributed by atoms with Crippen LogP contribution < -0.4 is 5.32 Å². The summed E-state index contributed by atoms with van der Waals surface area (Å²) < 4.78 is 0. The molecule has 0 aliphatic rings. The van der Waals surface area contributed by atoms with Gasteiger partial charge in [0.15, 0.2) is 0 Å². The van der Waals surface area contributed by atoms with E-state index in [0.717, 1.165) is 17.8 Å². The zero-order valence-electron chi connectivity index (χ0n) is 11.1. The molecule has 18 heavy (non-hydrogen) atoms. The number of nitrogens with one attached hydrogen (secondary N) is 1. The predicted molar refractivity (Wildman–Crippen MR) is 75.2 cm³/mol. The molecule has 2 aromatic rings. The lowest BCUT2D eigenvalue weighted by Gasteiger charge is -2.09. The van der Waals surface area contributed by atoms with Crippen LogP contribution in [0.2, 0.25) is 0 Å². The molecule has 0 amide bonds. The standard InChI is InChI=1S/C15H19N3/c1-4-12-6-5-7-13(10-12)17-15-16-9-8-14(18-15)11(2)3/h5-11H,4H2,1-3H3,(H,16,17,18). The van der Waals surface area contributed by atoms with Crippen LogP contribution in [-0.2, 0) is 6.42 Å². The van der Waals surface area contributed by atoms with E-state index in [2.05, 4.69) is 48.2 Å². The Morgan fingerprint density at radius 2 is 2.06 bits per heavy atom. The first-order valence-electron chi connectivity index (χ1n) is 6.38. The Hall–Kier alpha value is -1.90. The number of hydrogen-bond donors (Lipinski definition) is 1. The van der Waals surface area contributed by atoms with E-state index in [0.29, 0.717) is 11.9 Å². The molecule has 2 rings (SSSR count). The first kappa shape index (κ1) is 12.6. The average molecular weight is 241 g/mol. The van der Waals surface area contributed by atoms with Gasteiger partial charge in [-0.3, -0.25) is 0 Å². The van der Waals surface area contributed by atoms with Crippen molar-refractivity contribution in [2.75, 3.05) is 5.32 Å². The van der Waals surface area contributed by atoms with Crippen LogP contribution >= 0.6 is 0 Å². The van der Waals surface area contributed by atoms with Crippen LogP contribution in [-0.4, -0.2) is 9.97 Å². The third kappa shape index (κ3) is 3.06. The number of rotatable bonds is 4. The molecule has 1 aromatic heterocycles. The molecule has 94 valence electrons. The first-order valence-corrected chi connectivity index (χ1v) is 6.38. The Balaban J connectivity index is 2.20. The number of benzene rings is 1. The van der Waals surface area contributed by atoms with Crippen LogP contribution in [0, 0.1) is 0 Å². The second-order valence-electron chi connectivity index (χ2n) is 4.64. The molecule has 3 heteroatoms. The summed E-state index contributed by atoms with van der Waals surface area (Å²) in [5.41, 5.74) is 3.40. The molecular formula is C15H19N3. The van der Waals surface area contributed by atoms with Crippen molar-refractivity contribution in [1.82, 2.24) is 9.97 Å². The lowest BCUT2D eigenvalue weighted by molar-refractivity contribution is 0.817. The summed E-state index contributed by atoms with van der Waals surface area (Å²) in [6.07, 6.45) is 2.83. The van der Waals surface area contributed by atoms with Crippen molar-refractivity contribution in [1.29, 1.82) is 0 Å². The number of hydrogen-bond acceptors (Lipinski definition) is 3. The number of aromatic nitrogens is 2. The summed E-state index contributed by atoms with van der Waals surface area (Å²) in [5, 5.41) is 3.25. The molecule has 0 fully saturated rings. The number of nitrogens with zero attached hydrogens (tertiary/aromatic N) is 2. The predicted octanol–water partition coefficient (Wildman–Crippen LogP) is 3.91. The second kappa shape index (κ2) is 5.63. The van der Waals surface area contributed by atoms with E-state index in [4.69, 9.17) is 0 Å². The highest BCUT2D eigenvalue weighted by molar-refractivity contribution is 5.54. The second-order valence-corrected chi connectivity index (χ2v) is 4.64. The largest absolute Gasteiger partial charge is 0.324 e. The highest BCUT2D eigenvalue weighted by Gasteiger charge is 2.03. The molecule has 0 saturated heterocycles. The third-order valence-corrected chi connectivity index (χ3v) is 2.86. The summed E-state index contributed by atoms with van der Waals surface area (Å²) in [6, 6.07) is 10.3. The van der Waals surface area contributed by atoms with E-state index in [1.165, 1.54) is 5.56 Å². The lowest BCUT2D eigenvalue weighted by atomic mass is 10.1. The Bertz CT molecular complexity index is 521. The van der Waals surface area contributed by atoms with Gasteiger partial charge < -0.3 is 5.32 Å². The fraction of sp³-hybridized carbons (Fsp3) is 0.333. The third-order valence-electron chi connectivity index (χ3n) is 2.86. The molecule has 1 heterocycles. The molecule has 0 aliphatic carbocycles. The Morgan fingerprint density at radius 3 is 2.78 bits per heavy atom. The molecule has 3 nitrogen and oxygen atoms in total. The monoisotopic (exact) mass is 241 g/mol. The van der Waals surface area contributed by atoms with Crippen LogP contribution in [0.1, 0.15) is 37.9 Å². The van der Waals surface area contributed by atoms with Gasteiger partial charge in [0.25, 0.3) is 0 Å².